The number of nitrogens with two attached hydrogens (primary N) is 1. The third-order valence-corrected chi connectivity index (χ3v) is 3.93. The Labute approximate surface area is 138 Å². The SMILES string of the molecule is CCC(C)C1C(=O)N(CC(=O)OC(C)(C)C)CCN1C(=O)CN. The Bertz CT molecular complexity index is 459. The summed E-state index contributed by atoms with van der Waals surface area (Å²) in [5.74, 6) is -0.884. The monoisotopic (exact) mass is 327 g/mol. The van der Waals surface area contributed by atoms with Gasteiger partial charge in [0.05, 0.1) is 6.54 Å². The summed E-state index contributed by atoms with van der Waals surface area (Å²) in [6.45, 7) is 9.74. The van der Waals surface area contributed by atoms with Gasteiger partial charge in [0, 0.05) is 13.1 Å². The van der Waals surface area contributed by atoms with E-state index in [-0.39, 0.29) is 30.8 Å². The largest absolute Gasteiger partial charge is 0.459 e. The van der Waals surface area contributed by atoms with E-state index in [0.29, 0.717) is 13.1 Å². The van der Waals surface area contributed by atoms with Crippen LogP contribution < -0.4 is 5.73 Å². The molecule has 0 saturated carbocycles. The molecule has 2 amide bonds. The van der Waals surface area contributed by atoms with Crippen LogP contribution in [-0.4, -0.2) is 65.4 Å². The first kappa shape index (κ1) is 19.4. The highest BCUT2D eigenvalue weighted by Crippen LogP contribution is 2.21. The van der Waals surface area contributed by atoms with Crippen LogP contribution in [0.1, 0.15) is 41.0 Å². The Morgan fingerprint density at radius 2 is 1.96 bits per heavy atom. The van der Waals surface area contributed by atoms with Gasteiger partial charge in [0.25, 0.3) is 0 Å². The first-order valence-electron chi connectivity index (χ1n) is 8.10. The maximum absolute atomic E-state index is 12.7. The molecule has 23 heavy (non-hydrogen) atoms. The number of carbonyl (C=O) groups is 3. The van der Waals surface area contributed by atoms with E-state index in [4.69, 9.17) is 10.5 Å². The molecule has 1 aliphatic rings. The summed E-state index contributed by atoms with van der Waals surface area (Å²) in [4.78, 5) is 39.7. The molecule has 0 radical (unpaired) electrons. The average Bonchev–Trinajstić information content (AvgIpc) is 2.45. The van der Waals surface area contributed by atoms with Gasteiger partial charge in [-0.1, -0.05) is 20.3 Å². The summed E-state index contributed by atoms with van der Waals surface area (Å²) in [6.07, 6.45) is 0.755. The van der Waals surface area contributed by atoms with E-state index in [2.05, 4.69) is 0 Å². The van der Waals surface area contributed by atoms with Crippen molar-refractivity contribution in [3.63, 3.8) is 0 Å². The first-order valence-corrected chi connectivity index (χ1v) is 8.10. The van der Waals surface area contributed by atoms with Crippen LogP contribution >= 0.6 is 0 Å². The molecule has 2 N–H and O–H groups in total. The summed E-state index contributed by atoms with van der Waals surface area (Å²) >= 11 is 0. The van der Waals surface area contributed by atoms with E-state index >= 15 is 0 Å². The fourth-order valence-corrected chi connectivity index (χ4v) is 2.66. The zero-order chi connectivity index (χ0) is 17.8. The second-order valence-corrected chi connectivity index (χ2v) is 6.97. The quantitative estimate of drug-likeness (QED) is 0.737. The van der Waals surface area contributed by atoms with Gasteiger partial charge in [0.1, 0.15) is 18.2 Å². The van der Waals surface area contributed by atoms with E-state index in [1.165, 1.54) is 4.90 Å². The van der Waals surface area contributed by atoms with Crippen LogP contribution in [0.3, 0.4) is 0 Å². The third-order valence-electron chi connectivity index (χ3n) is 3.93. The molecule has 0 bridgehead atoms. The summed E-state index contributed by atoms with van der Waals surface area (Å²) < 4.78 is 5.27. The Morgan fingerprint density at radius 3 is 2.43 bits per heavy atom. The second-order valence-electron chi connectivity index (χ2n) is 6.97. The number of amides is 2. The molecule has 0 aromatic heterocycles. The number of hydrogen-bond acceptors (Lipinski definition) is 5. The second kappa shape index (κ2) is 7.77. The Kier molecular flexibility index (Phi) is 6.56. The Balaban J connectivity index is 2.85. The fourth-order valence-electron chi connectivity index (χ4n) is 2.66. The molecule has 0 aliphatic carbocycles. The molecule has 1 saturated heterocycles. The summed E-state index contributed by atoms with van der Waals surface area (Å²) in [6, 6.07) is -0.563. The minimum Gasteiger partial charge on any atom is -0.459 e. The maximum Gasteiger partial charge on any atom is 0.326 e. The van der Waals surface area contributed by atoms with Crippen molar-refractivity contribution in [3.05, 3.63) is 0 Å². The molecule has 1 aliphatic heterocycles. The molecular formula is C16H29N3O4. The molecule has 0 spiro atoms. The molecule has 0 aromatic carbocycles. The number of piperazine rings is 1. The van der Waals surface area contributed by atoms with Crippen LogP contribution in [-0.2, 0) is 19.1 Å². The highest BCUT2D eigenvalue weighted by atomic mass is 16.6. The molecule has 7 nitrogen and oxygen atoms in total. The van der Waals surface area contributed by atoms with Gasteiger partial charge in [-0.25, -0.2) is 0 Å². The van der Waals surface area contributed by atoms with Gasteiger partial charge < -0.3 is 20.3 Å². The average molecular weight is 327 g/mol. The molecule has 7 heteroatoms. The molecule has 1 rings (SSSR count). The number of ether oxygens (including phenoxy) is 1. The van der Waals surface area contributed by atoms with Crippen molar-refractivity contribution >= 4 is 17.8 Å². The van der Waals surface area contributed by atoms with Gasteiger partial charge in [-0.15, -0.1) is 0 Å². The Hall–Kier alpha value is -1.63. The van der Waals surface area contributed by atoms with Crippen LogP contribution in [0.15, 0.2) is 0 Å². The van der Waals surface area contributed by atoms with Crippen LogP contribution in [0.4, 0.5) is 0 Å². The minimum absolute atomic E-state index is 0.000522. The molecule has 2 atom stereocenters. The number of nitrogens with zero attached hydrogens (tertiary/aromatic N) is 2. The number of esters is 1. The van der Waals surface area contributed by atoms with Crippen LogP contribution in [0, 0.1) is 5.92 Å². The van der Waals surface area contributed by atoms with Gasteiger partial charge in [0.2, 0.25) is 11.8 Å². The van der Waals surface area contributed by atoms with Crippen LogP contribution in [0.5, 0.6) is 0 Å². The summed E-state index contributed by atoms with van der Waals surface area (Å²) in [5.41, 5.74) is 4.86. The summed E-state index contributed by atoms with van der Waals surface area (Å²) in [7, 11) is 0. The molecule has 0 aromatic rings. The Morgan fingerprint density at radius 1 is 1.35 bits per heavy atom. The van der Waals surface area contributed by atoms with E-state index in [0.717, 1.165) is 6.42 Å². The molecule has 1 heterocycles. The van der Waals surface area contributed by atoms with Crippen molar-refractivity contribution in [2.75, 3.05) is 26.2 Å². The van der Waals surface area contributed by atoms with Crippen LogP contribution in [0.25, 0.3) is 0 Å². The predicted molar refractivity (Wildman–Crippen MR) is 86.4 cm³/mol. The van der Waals surface area contributed by atoms with E-state index in [1.807, 2.05) is 13.8 Å². The van der Waals surface area contributed by atoms with Gasteiger partial charge in [-0.2, -0.15) is 0 Å². The topological polar surface area (TPSA) is 92.9 Å². The van der Waals surface area contributed by atoms with E-state index in [1.54, 1.807) is 25.7 Å². The normalized spacial score (nSPS) is 20.4. The molecule has 1 fully saturated rings. The van der Waals surface area contributed by atoms with Crippen molar-refractivity contribution in [3.8, 4) is 0 Å². The number of rotatable bonds is 5. The zero-order valence-corrected chi connectivity index (χ0v) is 14.8. The zero-order valence-electron chi connectivity index (χ0n) is 14.8. The molecule has 132 valence electrons. The lowest BCUT2D eigenvalue weighted by molar-refractivity contribution is -0.164. The number of hydrogen-bond donors (Lipinski definition) is 1. The first-order chi connectivity index (χ1) is 10.6. The predicted octanol–water partition coefficient (Wildman–Crippen LogP) is 0.372. The third kappa shape index (κ3) is 5.20. The standard InChI is InChI=1S/C16H29N3O4/c1-6-11(2)14-15(22)18(7-8-19(14)12(20)9-17)10-13(21)23-16(3,4)5/h11,14H,6-10,17H2,1-5H3. The van der Waals surface area contributed by atoms with Crippen molar-refractivity contribution in [1.82, 2.24) is 9.80 Å². The highest BCUT2D eigenvalue weighted by Gasteiger charge is 2.40. The lowest BCUT2D eigenvalue weighted by Crippen LogP contribution is -2.62. The van der Waals surface area contributed by atoms with Crippen molar-refractivity contribution < 1.29 is 19.1 Å². The number of carbonyl (C=O) groups excluding carboxylic acids is 3. The highest BCUT2D eigenvalue weighted by molar-refractivity contribution is 5.91. The van der Waals surface area contributed by atoms with E-state index < -0.39 is 17.6 Å². The lowest BCUT2D eigenvalue weighted by Gasteiger charge is -2.42. The van der Waals surface area contributed by atoms with Gasteiger partial charge in [-0.3, -0.25) is 14.4 Å². The van der Waals surface area contributed by atoms with Gasteiger partial charge in [-0.05, 0) is 26.7 Å². The van der Waals surface area contributed by atoms with Crippen molar-refractivity contribution in [2.24, 2.45) is 11.7 Å². The van der Waals surface area contributed by atoms with E-state index in [9.17, 15) is 14.4 Å². The lowest BCUT2D eigenvalue weighted by atomic mass is 9.94. The van der Waals surface area contributed by atoms with Crippen molar-refractivity contribution in [1.29, 1.82) is 0 Å². The van der Waals surface area contributed by atoms with Crippen molar-refractivity contribution in [2.45, 2.75) is 52.7 Å². The van der Waals surface area contributed by atoms with Gasteiger partial charge >= 0.3 is 5.97 Å². The van der Waals surface area contributed by atoms with Crippen LogP contribution in [0.2, 0.25) is 0 Å². The van der Waals surface area contributed by atoms with Gasteiger partial charge in [0.15, 0.2) is 0 Å². The molecule has 2 unspecified atom stereocenters. The smallest absolute Gasteiger partial charge is 0.326 e. The minimum atomic E-state index is -0.590. The summed E-state index contributed by atoms with van der Waals surface area (Å²) in [5, 5.41) is 0. The fraction of sp³-hybridized carbons (Fsp3) is 0.812. The maximum atomic E-state index is 12.7. The molecular weight excluding hydrogens is 298 g/mol.